The zero-order chi connectivity index (χ0) is 22.7. The summed E-state index contributed by atoms with van der Waals surface area (Å²) in [6, 6.07) is 6.45. The third-order valence-corrected chi connectivity index (χ3v) is 5.93. The van der Waals surface area contributed by atoms with Gasteiger partial charge in [0, 0.05) is 25.3 Å². The van der Waals surface area contributed by atoms with Crippen LogP contribution in [-0.2, 0) is 9.53 Å². The van der Waals surface area contributed by atoms with Crippen LogP contribution < -0.4 is 20.7 Å². The Labute approximate surface area is 188 Å². The first-order valence-corrected chi connectivity index (χ1v) is 10.8. The number of carbonyl (C=O) groups excluding carboxylic acids is 2. The largest absolute Gasteiger partial charge is 0.497 e. The van der Waals surface area contributed by atoms with E-state index in [4.69, 9.17) is 15.2 Å². The SMILES string of the molecule is COC(=O)CC1CN(C(=O)Nc2ccc(OC)cc2)CCN1c1nc(N)nc2scnc12. The van der Waals surface area contributed by atoms with Crippen molar-refractivity contribution in [1.82, 2.24) is 19.9 Å². The molecule has 1 aromatic carbocycles. The number of aromatic nitrogens is 3. The number of nitrogens with zero attached hydrogens (tertiary/aromatic N) is 5. The molecule has 0 bridgehead atoms. The Morgan fingerprint density at radius 1 is 1.22 bits per heavy atom. The predicted octanol–water partition coefficient (Wildman–Crippen LogP) is 1.96. The topological polar surface area (TPSA) is 136 Å². The number of nitrogens with one attached hydrogen (secondary N) is 1. The fourth-order valence-electron chi connectivity index (χ4n) is 3.61. The maximum atomic E-state index is 12.9. The summed E-state index contributed by atoms with van der Waals surface area (Å²) in [5.41, 5.74) is 8.85. The van der Waals surface area contributed by atoms with Crippen molar-refractivity contribution in [3.05, 3.63) is 29.8 Å². The molecule has 2 amide bonds. The summed E-state index contributed by atoms with van der Waals surface area (Å²) in [4.78, 5) is 42.3. The highest BCUT2D eigenvalue weighted by atomic mass is 32.1. The number of nitrogen functional groups attached to an aromatic ring is 1. The summed E-state index contributed by atoms with van der Waals surface area (Å²) < 4.78 is 10.0. The van der Waals surface area contributed by atoms with Gasteiger partial charge in [0.1, 0.15) is 11.3 Å². The first kappa shape index (κ1) is 21.6. The van der Waals surface area contributed by atoms with E-state index in [1.54, 1.807) is 41.8 Å². The second-order valence-electron chi connectivity index (χ2n) is 7.14. The number of nitrogens with two attached hydrogens (primary N) is 1. The number of hydrogen-bond acceptors (Lipinski definition) is 10. The van der Waals surface area contributed by atoms with Gasteiger partial charge in [0.25, 0.3) is 0 Å². The van der Waals surface area contributed by atoms with Gasteiger partial charge in [-0.2, -0.15) is 4.98 Å². The van der Waals surface area contributed by atoms with Crippen LogP contribution in [0.15, 0.2) is 29.8 Å². The molecular weight excluding hydrogens is 434 g/mol. The van der Waals surface area contributed by atoms with Crippen LogP contribution in [0.3, 0.4) is 0 Å². The molecule has 1 atom stereocenters. The van der Waals surface area contributed by atoms with E-state index in [9.17, 15) is 9.59 Å². The summed E-state index contributed by atoms with van der Waals surface area (Å²) in [5.74, 6) is 1.01. The second kappa shape index (κ2) is 9.22. The molecule has 2 aromatic heterocycles. The van der Waals surface area contributed by atoms with Crippen molar-refractivity contribution < 1.29 is 19.1 Å². The summed E-state index contributed by atoms with van der Waals surface area (Å²) in [6.07, 6.45) is 0.0817. The molecule has 1 fully saturated rings. The fraction of sp³-hybridized carbons (Fsp3) is 0.350. The number of benzene rings is 1. The molecular formula is C20H23N7O4S. The monoisotopic (exact) mass is 457 g/mol. The Bertz CT molecular complexity index is 1120. The molecule has 4 rings (SSSR count). The summed E-state index contributed by atoms with van der Waals surface area (Å²) in [5, 5.41) is 2.88. The molecule has 168 valence electrons. The van der Waals surface area contributed by atoms with Crippen LogP contribution in [0.2, 0.25) is 0 Å². The zero-order valence-electron chi connectivity index (χ0n) is 17.6. The van der Waals surface area contributed by atoms with Crippen molar-refractivity contribution >= 4 is 51.1 Å². The Kier molecular flexibility index (Phi) is 6.21. The average Bonchev–Trinajstić information content (AvgIpc) is 3.27. The summed E-state index contributed by atoms with van der Waals surface area (Å²) >= 11 is 1.36. The van der Waals surface area contributed by atoms with Crippen molar-refractivity contribution in [3.63, 3.8) is 0 Å². The van der Waals surface area contributed by atoms with Gasteiger partial charge in [-0.05, 0) is 24.3 Å². The minimum atomic E-state index is -0.381. The molecule has 0 saturated carbocycles. The zero-order valence-corrected chi connectivity index (χ0v) is 18.5. The van der Waals surface area contributed by atoms with Crippen molar-refractivity contribution in [2.45, 2.75) is 12.5 Å². The number of piperazine rings is 1. The number of rotatable bonds is 5. The van der Waals surface area contributed by atoms with Crippen LogP contribution in [-0.4, -0.2) is 71.7 Å². The number of methoxy groups -OCH3 is 2. The van der Waals surface area contributed by atoms with Crippen molar-refractivity contribution in [2.24, 2.45) is 0 Å². The lowest BCUT2D eigenvalue weighted by Gasteiger charge is -2.41. The Morgan fingerprint density at radius 2 is 2.00 bits per heavy atom. The molecule has 0 spiro atoms. The number of carbonyl (C=O) groups is 2. The maximum Gasteiger partial charge on any atom is 0.321 e. The molecule has 3 aromatic rings. The van der Waals surface area contributed by atoms with Gasteiger partial charge in [-0.3, -0.25) is 4.79 Å². The van der Waals surface area contributed by atoms with Crippen LogP contribution >= 0.6 is 11.3 Å². The normalized spacial score (nSPS) is 16.1. The summed E-state index contributed by atoms with van der Waals surface area (Å²) in [6.45, 7) is 1.17. The molecule has 0 radical (unpaired) electrons. The lowest BCUT2D eigenvalue weighted by atomic mass is 10.1. The maximum absolute atomic E-state index is 12.9. The molecule has 12 heteroatoms. The third-order valence-electron chi connectivity index (χ3n) is 5.21. The van der Waals surface area contributed by atoms with Gasteiger partial charge in [0.15, 0.2) is 10.6 Å². The van der Waals surface area contributed by atoms with E-state index in [2.05, 4.69) is 20.3 Å². The predicted molar refractivity (Wildman–Crippen MR) is 121 cm³/mol. The molecule has 1 aliphatic rings. The lowest BCUT2D eigenvalue weighted by Crippen LogP contribution is -2.56. The van der Waals surface area contributed by atoms with Gasteiger partial charge in [0.2, 0.25) is 5.95 Å². The fourth-order valence-corrected chi connectivity index (χ4v) is 4.27. The minimum absolute atomic E-state index is 0.0817. The highest BCUT2D eigenvalue weighted by Gasteiger charge is 2.34. The molecule has 11 nitrogen and oxygen atoms in total. The minimum Gasteiger partial charge on any atom is -0.497 e. The summed E-state index contributed by atoms with van der Waals surface area (Å²) in [7, 11) is 2.92. The Morgan fingerprint density at radius 3 is 2.72 bits per heavy atom. The van der Waals surface area contributed by atoms with Crippen LogP contribution in [0.1, 0.15) is 6.42 Å². The van der Waals surface area contributed by atoms with Gasteiger partial charge in [-0.25, -0.2) is 14.8 Å². The smallest absolute Gasteiger partial charge is 0.321 e. The lowest BCUT2D eigenvalue weighted by molar-refractivity contribution is -0.141. The van der Waals surface area contributed by atoms with E-state index < -0.39 is 0 Å². The van der Waals surface area contributed by atoms with E-state index in [1.807, 2.05) is 4.90 Å². The van der Waals surface area contributed by atoms with Gasteiger partial charge in [-0.1, -0.05) is 0 Å². The van der Waals surface area contributed by atoms with Gasteiger partial charge in [-0.15, -0.1) is 11.3 Å². The van der Waals surface area contributed by atoms with Gasteiger partial charge >= 0.3 is 12.0 Å². The van der Waals surface area contributed by atoms with Crippen molar-refractivity contribution in [3.8, 4) is 5.75 Å². The van der Waals surface area contributed by atoms with Crippen LogP contribution in [0, 0.1) is 0 Å². The molecule has 1 unspecified atom stereocenters. The first-order valence-electron chi connectivity index (χ1n) is 9.88. The number of anilines is 3. The second-order valence-corrected chi connectivity index (χ2v) is 7.98. The van der Waals surface area contributed by atoms with Crippen molar-refractivity contribution in [1.29, 1.82) is 0 Å². The van der Waals surface area contributed by atoms with Crippen LogP contribution in [0.25, 0.3) is 10.3 Å². The molecule has 3 heterocycles. The van der Waals surface area contributed by atoms with Crippen LogP contribution in [0.4, 0.5) is 22.2 Å². The highest BCUT2D eigenvalue weighted by Crippen LogP contribution is 2.30. The van der Waals surface area contributed by atoms with E-state index >= 15 is 0 Å². The third kappa shape index (κ3) is 4.49. The molecule has 1 saturated heterocycles. The van der Waals surface area contributed by atoms with E-state index in [0.29, 0.717) is 47.2 Å². The number of hydrogen-bond donors (Lipinski definition) is 2. The van der Waals surface area contributed by atoms with Crippen LogP contribution in [0.5, 0.6) is 5.75 Å². The van der Waals surface area contributed by atoms with E-state index in [1.165, 1.54) is 18.4 Å². The average molecular weight is 458 g/mol. The van der Waals surface area contributed by atoms with Gasteiger partial charge in [0.05, 0.1) is 32.2 Å². The van der Waals surface area contributed by atoms with E-state index in [-0.39, 0.29) is 30.4 Å². The van der Waals surface area contributed by atoms with Crippen molar-refractivity contribution in [2.75, 3.05) is 49.8 Å². The Hall–Kier alpha value is -3.67. The number of esters is 1. The molecule has 32 heavy (non-hydrogen) atoms. The van der Waals surface area contributed by atoms with Gasteiger partial charge < -0.3 is 30.3 Å². The molecule has 0 aliphatic carbocycles. The number of thiazole rings is 1. The quantitative estimate of drug-likeness (QED) is 0.551. The molecule has 3 N–H and O–H groups in total. The van der Waals surface area contributed by atoms with E-state index in [0.717, 1.165) is 0 Å². The number of fused-ring (bicyclic) bond motifs is 1. The number of amides is 2. The number of ether oxygens (including phenoxy) is 2. The molecule has 1 aliphatic heterocycles. The standard InChI is InChI=1S/C20H23N7O4S/c1-30-14-5-3-12(4-6-14)23-20(29)26-7-8-27(13(10-26)9-15(28)31-2)17-16-18(32-11-22-16)25-19(21)24-17/h3-6,11,13H,7-10H2,1-2H3,(H,23,29)(H2,21,24,25). The Balaban J connectivity index is 1.55. The first-order chi connectivity index (χ1) is 15.5. The highest BCUT2D eigenvalue weighted by molar-refractivity contribution is 7.16. The number of urea groups is 1.